The fourth-order valence-electron chi connectivity index (χ4n) is 2.76. The van der Waals surface area contributed by atoms with Gasteiger partial charge in [-0.2, -0.15) is 0 Å². The first-order chi connectivity index (χ1) is 13.9. The fraction of sp³-hybridized carbons (Fsp3) is 0.286. The third kappa shape index (κ3) is 4.51. The Morgan fingerprint density at radius 2 is 2.03 bits per heavy atom. The first-order valence-corrected chi connectivity index (χ1v) is 9.52. The molecule has 1 N–H and O–H groups in total. The summed E-state index contributed by atoms with van der Waals surface area (Å²) in [6.07, 6.45) is 0.0261. The highest BCUT2D eigenvalue weighted by molar-refractivity contribution is 6.32. The molecule has 0 aliphatic carbocycles. The molecule has 1 aromatic heterocycles. The van der Waals surface area contributed by atoms with E-state index >= 15 is 0 Å². The Hall–Kier alpha value is -3.06. The highest BCUT2D eigenvalue weighted by atomic mass is 35.5. The lowest BCUT2D eigenvalue weighted by molar-refractivity contribution is 0.0319. The molecule has 0 aliphatic heterocycles. The minimum absolute atomic E-state index is 0.200. The van der Waals surface area contributed by atoms with Gasteiger partial charge >= 0.3 is 5.97 Å². The second kappa shape index (κ2) is 8.96. The highest BCUT2D eigenvalue weighted by Crippen LogP contribution is 2.37. The van der Waals surface area contributed by atoms with Crippen LogP contribution < -0.4 is 15.0 Å². The predicted octanol–water partition coefficient (Wildman–Crippen LogP) is 4.29. The van der Waals surface area contributed by atoms with Gasteiger partial charge in [0.1, 0.15) is 0 Å². The number of methoxy groups -OCH3 is 1. The van der Waals surface area contributed by atoms with Gasteiger partial charge in [-0.3, -0.25) is 4.79 Å². The van der Waals surface area contributed by atoms with E-state index in [1.807, 2.05) is 6.92 Å². The molecule has 0 fully saturated rings. The smallest absolute Gasteiger partial charge is 0.339 e. The molecule has 1 heterocycles. The number of hydrogen-bond donors (Lipinski definition) is 1. The molecule has 29 heavy (non-hydrogen) atoms. The summed E-state index contributed by atoms with van der Waals surface area (Å²) in [5, 5.41) is 0.712. The molecular weight excluding hydrogens is 396 g/mol. The maximum atomic E-state index is 12.6. The molecule has 0 saturated heterocycles. The van der Waals surface area contributed by atoms with E-state index in [2.05, 4.69) is 9.97 Å². The summed E-state index contributed by atoms with van der Waals surface area (Å²) in [5.41, 5.74) is 0.428. The Kier molecular flexibility index (Phi) is 6.39. The Morgan fingerprint density at radius 3 is 2.76 bits per heavy atom. The molecule has 0 radical (unpaired) electrons. The largest absolute Gasteiger partial charge is 0.493 e. The number of fused-ring (bicyclic) bond motifs is 1. The zero-order valence-electron chi connectivity index (χ0n) is 16.3. The number of carbonyl (C=O) groups excluding carboxylic acids is 1. The van der Waals surface area contributed by atoms with Crippen molar-refractivity contribution in [1.82, 2.24) is 9.97 Å². The van der Waals surface area contributed by atoms with Crippen LogP contribution in [0.4, 0.5) is 0 Å². The Bertz CT molecular complexity index is 1100. The molecule has 152 valence electrons. The van der Waals surface area contributed by atoms with Gasteiger partial charge < -0.3 is 19.2 Å². The first-order valence-electron chi connectivity index (χ1n) is 9.14. The molecule has 7 nitrogen and oxygen atoms in total. The van der Waals surface area contributed by atoms with Crippen LogP contribution in [-0.4, -0.2) is 29.7 Å². The number of ether oxygens (including phenoxy) is 3. The number of para-hydroxylation sites is 1. The van der Waals surface area contributed by atoms with Gasteiger partial charge in [0.05, 0.1) is 35.2 Å². The van der Waals surface area contributed by atoms with E-state index in [0.717, 1.165) is 6.42 Å². The van der Waals surface area contributed by atoms with Crippen molar-refractivity contribution in [2.75, 3.05) is 13.7 Å². The maximum absolute atomic E-state index is 12.6. The zero-order chi connectivity index (χ0) is 21.0. The fourth-order valence-corrected chi connectivity index (χ4v) is 3.03. The minimum atomic E-state index is -0.777. The average molecular weight is 417 g/mol. The molecule has 0 aliphatic rings. The lowest BCUT2D eigenvalue weighted by atomic mass is 10.2. The van der Waals surface area contributed by atoms with Crippen LogP contribution in [0.15, 0.2) is 41.2 Å². The molecule has 0 bridgehead atoms. The van der Waals surface area contributed by atoms with Gasteiger partial charge in [-0.25, -0.2) is 9.78 Å². The monoisotopic (exact) mass is 416 g/mol. The third-order valence-corrected chi connectivity index (χ3v) is 4.50. The van der Waals surface area contributed by atoms with Gasteiger partial charge in [-0.05, 0) is 37.6 Å². The molecule has 0 spiro atoms. The number of aromatic amines is 1. The minimum Gasteiger partial charge on any atom is -0.493 e. The number of nitrogens with one attached hydrogen (secondary N) is 1. The quantitative estimate of drug-likeness (QED) is 0.578. The number of aromatic nitrogens is 2. The highest BCUT2D eigenvalue weighted by Gasteiger charge is 2.20. The van der Waals surface area contributed by atoms with Crippen LogP contribution in [-0.2, 0) is 4.74 Å². The van der Waals surface area contributed by atoms with E-state index in [-0.39, 0.29) is 22.0 Å². The average Bonchev–Trinajstić information content (AvgIpc) is 2.72. The van der Waals surface area contributed by atoms with E-state index in [1.54, 1.807) is 31.2 Å². The van der Waals surface area contributed by atoms with Crippen molar-refractivity contribution in [3.63, 3.8) is 0 Å². The molecule has 8 heteroatoms. The van der Waals surface area contributed by atoms with E-state index in [4.69, 9.17) is 25.8 Å². The molecule has 0 amide bonds. The summed E-state index contributed by atoms with van der Waals surface area (Å²) in [7, 11) is 1.46. The Balaban J connectivity index is 1.84. The van der Waals surface area contributed by atoms with Crippen LogP contribution in [0.3, 0.4) is 0 Å². The van der Waals surface area contributed by atoms with Crippen LogP contribution in [0.5, 0.6) is 11.5 Å². The van der Waals surface area contributed by atoms with Gasteiger partial charge in [0.15, 0.2) is 23.4 Å². The van der Waals surface area contributed by atoms with Crippen molar-refractivity contribution in [3.05, 3.63) is 63.2 Å². The summed E-state index contributed by atoms with van der Waals surface area (Å²) < 4.78 is 16.4. The van der Waals surface area contributed by atoms with Crippen molar-refractivity contribution < 1.29 is 19.0 Å². The summed E-state index contributed by atoms with van der Waals surface area (Å²) in [6, 6.07) is 9.91. The molecule has 3 aromatic rings. The maximum Gasteiger partial charge on any atom is 0.339 e. The number of hydrogen-bond acceptors (Lipinski definition) is 6. The molecule has 0 saturated carbocycles. The van der Waals surface area contributed by atoms with E-state index < -0.39 is 12.1 Å². The molecular formula is C21H21ClN2O5. The SMILES string of the molecule is CCCOc1c(Cl)cc(C(=O)OC(C)c2nc3ccccc3c(=O)[nH]2)cc1OC. The van der Waals surface area contributed by atoms with Crippen LogP contribution in [0.25, 0.3) is 10.9 Å². The third-order valence-electron chi connectivity index (χ3n) is 4.22. The summed E-state index contributed by atoms with van der Waals surface area (Å²) in [6.45, 7) is 4.07. The number of benzene rings is 2. The van der Waals surface area contributed by atoms with Gasteiger partial charge in [0.2, 0.25) is 0 Å². The Labute approximate surface area is 172 Å². The van der Waals surface area contributed by atoms with Gasteiger partial charge in [0, 0.05) is 0 Å². The van der Waals surface area contributed by atoms with E-state index in [0.29, 0.717) is 29.0 Å². The van der Waals surface area contributed by atoms with Gasteiger partial charge in [0.25, 0.3) is 5.56 Å². The lowest BCUT2D eigenvalue weighted by Crippen LogP contribution is -2.17. The number of halogens is 1. The summed E-state index contributed by atoms with van der Waals surface area (Å²) in [4.78, 5) is 31.9. The molecule has 1 unspecified atom stereocenters. The number of nitrogens with zero attached hydrogens (tertiary/aromatic N) is 1. The van der Waals surface area contributed by atoms with E-state index in [9.17, 15) is 9.59 Å². The van der Waals surface area contributed by atoms with Crippen molar-refractivity contribution in [2.24, 2.45) is 0 Å². The first kappa shape index (κ1) is 20.7. The van der Waals surface area contributed by atoms with Crippen molar-refractivity contribution in [3.8, 4) is 11.5 Å². The second-order valence-corrected chi connectivity index (χ2v) is 6.76. The normalized spacial score (nSPS) is 11.9. The van der Waals surface area contributed by atoms with Gasteiger partial charge in [-0.1, -0.05) is 30.7 Å². The summed E-state index contributed by atoms with van der Waals surface area (Å²) in [5.74, 6) is 0.336. The van der Waals surface area contributed by atoms with Crippen LogP contribution in [0.1, 0.15) is 42.6 Å². The number of esters is 1. The number of carbonyl (C=O) groups is 1. The predicted molar refractivity (Wildman–Crippen MR) is 110 cm³/mol. The lowest BCUT2D eigenvalue weighted by Gasteiger charge is -2.16. The molecule has 3 rings (SSSR count). The van der Waals surface area contributed by atoms with Crippen LogP contribution in [0, 0.1) is 0 Å². The van der Waals surface area contributed by atoms with Crippen LogP contribution in [0.2, 0.25) is 5.02 Å². The molecule has 2 aromatic carbocycles. The number of H-pyrrole nitrogens is 1. The second-order valence-electron chi connectivity index (χ2n) is 6.35. The van der Waals surface area contributed by atoms with Crippen molar-refractivity contribution in [1.29, 1.82) is 0 Å². The topological polar surface area (TPSA) is 90.5 Å². The van der Waals surface area contributed by atoms with Crippen molar-refractivity contribution in [2.45, 2.75) is 26.4 Å². The zero-order valence-corrected chi connectivity index (χ0v) is 17.1. The molecule has 1 atom stereocenters. The standard InChI is InChI=1S/C21H21ClN2O5/c1-4-9-28-18-15(22)10-13(11-17(18)27-3)21(26)29-12(2)19-23-16-8-6-5-7-14(16)20(25)24-19/h5-8,10-12H,4,9H2,1-3H3,(H,23,24,25). The van der Waals surface area contributed by atoms with E-state index in [1.165, 1.54) is 19.2 Å². The van der Waals surface area contributed by atoms with Crippen molar-refractivity contribution >= 4 is 28.5 Å². The van der Waals surface area contributed by atoms with Gasteiger partial charge in [-0.15, -0.1) is 0 Å². The Morgan fingerprint density at radius 1 is 1.28 bits per heavy atom. The number of rotatable bonds is 7. The summed E-state index contributed by atoms with van der Waals surface area (Å²) >= 11 is 6.26. The van der Waals surface area contributed by atoms with Crippen LogP contribution >= 0.6 is 11.6 Å².